The van der Waals surface area contributed by atoms with E-state index in [1.807, 2.05) is 17.2 Å². The number of halogens is 1. The molecule has 3 heterocycles. The molecule has 7 heteroatoms. The van der Waals surface area contributed by atoms with Gasteiger partial charge in [-0.3, -0.25) is 0 Å². The maximum absolute atomic E-state index is 13.8. The molecule has 4 rings (SSSR count). The molecule has 0 radical (unpaired) electrons. The molecule has 2 aliphatic heterocycles. The van der Waals surface area contributed by atoms with Crippen molar-refractivity contribution in [3.8, 4) is 5.69 Å². The summed E-state index contributed by atoms with van der Waals surface area (Å²) >= 11 is 0. The second kappa shape index (κ2) is 7.23. The van der Waals surface area contributed by atoms with Gasteiger partial charge < -0.3 is 24.8 Å². The van der Waals surface area contributed by atoms with Gasteiger partial charge >= 0.3 is 6.03 Å². The van der Waals surface area contributed by atoms with Gasteiger partial charge in [0.2, 0.25) is 0 Å². The first-order valence-corrected chi connectivity index (χ1v) is 9.41. The Labute approximate surface area is 158 Å². The predicted octanol–water partition coefficient (Wildman–Crippen LogP) is 3.08. The Kier molecular flexibility index (Phi) is 4.78. The Morgan fingerprint density at radius 2 is 2.15 bits per heavy atom. The Morgan fingerprint density at radius 3 is 2.93 bits per heavy atom. The first-order chi connectivity index (χ1) is 13.1. The second-order valence-corrected chi connectivity index (χ2v) is 7.20. The Bertz CT molecular complexity index is 827. The third-order valence-corrected chi connectivity index (χ3v) is 5.54. The average Bonchev–Trinajstić information content (AvgIpc) is 3.17. The zero-order valence-corrected chi connectivity index (χ0v) is 15.5. The minimum atomic E-state index is -0.281. The van der Waals surface area contributed by atoms with Crippen LogP contribution in [0.3, 0.4) is 0 Å². The zero-order chi connectivity index (χ0) is 18.9. The number of nitrogens with one attached hydrogen (secondary N) is 2. The average molecular weight is 372 g/mol. The number of methoxy groups -OCH3 is 1. The molecule has 2 N–H and O–H groups in total. The zero-order valence-electron chi connectivity index (χ0n) is 15.5. The third kappa shape index (κ3) is 3.27. The fourth-order valence-electron chi connectivity index (χ4n) is 4.12. The van der Waals surface area contributed by atoms with Crippen LogP contribution in [-0.4, -0.2) is 48.8 Å². The highest BCUT2D eigenvalue weighted by Crippen LogP contribution is 2.43. The third-order valence-electron chi connectivity index (χ3n) is 5.54. The molecule has 0 bridgehead atoms. The highest BCUT2D eigenvalue weighted by molar-refractivity contribution is 5.74. The molecular formula is C20H25FN4O2. The van der Waals surface area contributed by atoms with Gasteiger partial charge in [-0.1, -0.05) is 0 Å². The fourth-order valence-corrected chi connectivity index (χ4v) is 4.12. The lowest BCUT2D eigenvalue weighted by atomic mass is 9.82. The quantitative estimate of drug-likeness (QED) is 0.811. The van der Waals surface area contributed by atoms with Crippen molar-refractivity contribution in [3.63, 3.8) is 0 Å². The molecule has 144 valence electrons. The lowest BCUT2D eigenvalue weighted by Crippen LogP contribution is -2.53. The smallest absolute Gasteiger partial charge is 0.317 e. The highest BCUT2D eigenvalue weighted by atomic mass is 19.1. The second-order valence-electron chi connectivity index (χ2n) is 7.20. The number of benzene rings is 1. The Balaban J connectivity index is 1.48. The van der Waals surface area contributed by atoms with Crippen LogP contribution in [0.5, 0.6) is 0 Å². The molecular weight excluding hydrogens is 347 g/mol. The lowest BCUT2D eigenvalue weighted by molar-refractivity contribution is 0.160. The maximum Gasteiger partial charge on any atom is 0.317 e. The summed E-state index contributed by atoms with van der Waals surface area (Å²) in [4.78, 5) is 14.2. The number of amides is 2. The number of piperidine rings is 1. The number of urea groups is 1. The number of carbonyl (C=O) groups excluding carboxylic acids is 1. The molecule has 2 aliphatic rings. The summed E-state index contributed by atoms with van der Waals surface area (Å²) in [6.45, 7) is 2.56. The first-order valence-electron chi connectivity index (χ1n) is 9.41. The van der Waals surface area contributed by atoms with Crippen molar-refractivity contribution < 1.29 is 13.9 Å². The number of carbonyl (C=O) groups is 1. The van der Waals surface area contributed by atoms with Crippen molar-refractivity contribution in [1.82, 2.24) is 14.8 Å². The molecule has 2 aromatic rings. The number of rotatable bonds is 4. The molecule has 1 aromatic carbocycles. The van der Waals surface area contributed by atoms with Crippen molar-refractivity contribution in [3.05, 3.63) is 48.0 Å². The van der Waals surface area contributed by atoms with E-state index in [9.17, 15) is 9.18 Å². The minimum Gasteiger partial charge on any atom is -0.385 e. The normalized spacial score (nSPS) is 17.2. The van der Waals surface area contributed by atoms with E-state index in [1.165, 1.54) is 11.8 Å². The van der Waals surface area contributed by atoms with Crippen molar-refractivity contribution in [2.24, 2.45) is 0 Å². The number of hydrogen-bond donors (Lipinski definition) is 2. The van der Waals surface area contributed by atoms with Gasteiger partial charge in [-0.25, -0.2) is 9.18 Å². The van der Waals surface area contributed by atoms with Gasteiger partial charge in [-0.15, -0.1) is 0 Å². The van der Waals surface area contributed by atoms with E-state index in [1.54, 1.807) is 19.2 Å². The molecule has 0 aliphatic carbocycles. The van der Waals surface area contributed by atoms with Crippen LogP contribution in [0.2, 0.25) is 0 Å². The number of ether oxygens (including phenoxy) is 1. The van der Waals surface area contributed by atoms with Gasteiger partial charge in [0.25, 0.3) is 0 Å². The number of likely N-dealkylation sites (tertiary alicyclic amines) is 1. The Morgan fingerprint density at radius 1 is 1.33 bits per heavy atom. The number of hydrogen-bond acceptors (Lipinski definition) is 3. The van der Waals surface area contributed by atoms with Crippen LogP contribution in [0.4, 0.5) is 14.9 Å². The number of anilines is 1. The molecule has 0 unspecified atom stereocenters. The van der Waals surface area contributed by atoms with Crippen LogP contribution >= 0.6 is 0 Å². The van der Waals surface area contributed by atoms with Gasteiger partial charge in [-0.2, -0.15) is 0 Å². The topological polar surface area (TPSA) is 58.5 Å². The van der Waals surface area contributed by atoms with Crippen LogP contribution in [0, 0.1) is 5.82 Å². The summed E-state index contributed by atoms with van der Waals surface area (Å²) in [6, 6.07) is 8.94. The lowest BCUT2D eigenvalue weighted by Gasteiger charge is -2.46. The molecule has 27 heavy (non-hydrogen) atoms. The van der Waals surface area contributed by atoms with Crippen LogP contribution in [-0.2, 0) is 10.3 Å². The summed E-state index contributed by atoms with van der Waals surface area (Å²) in [5.74, 6) is -0.250. The van der Waals surface area contributed by atoms with Crippen LogP contribution < -0.4 is 10.6 Å². The summed E-state index contributed by atoms with van der Waals surface area (Å²) in [5.41, 5.74) is 2.65. The predicted molar refractivity (Wildman–Crippen MR) is 102 cm³/mol. The number of fused-ring (bicyclic) bond motifs is 4. The van der Waals surface area contributed by atoms with Crippen molar-refractivity contribution >= 4 is 11.7 Å². The van der Waals surface area contributed by atoms with Gasteiger partial charge in [0.05, 0.1) is 16.9 Å². The molecule has 1 spiro atoms. The number of nitrogens with zero attached hydrogens (tertiary/aromatic N) is 2. The monoisotopic (exact) mass is 372 g/mol. The van der Waals surface area contributed by atoms with E-state index in [-0.39, 0.29) is 17.4 Å². The van der Waals surface area contributed by atoms with Gasteiger partial charge in [0.15, 0.2) is 0 Å². The summed E-state index contributed by atoms with van der Waals surface area (Å²) < 4.78 is 20.9. The molecule has 1 fully saturated rings. The van der Waals surface area contributed by atoms with Crippen LogP contribution in [0.25, 0.3) is 5.69 Å². The van der Waals surface area contributed by atoms with Gasteiger partial charge in [-0.05, 0) is 49.6 Å². The minimum absolute atomic E-state index is 0.0291. The van der Waals surface area contributed by atoms with Crippen LogP contribution in [0.1, 0.15) is 25.0 Å². The summed E-state index contributed by atoms with van der Waals surface area (Å²) in [7, 11) is 1.66. The standard InChI is InChI=1S/C20H25FN4O2/c1-27-13-3-9-22-19(26)24-11-7-20(8-12-24)18-4-2-10-25(18)17-6-5-15(21)14-16(17)23-20/h2,4-6,10,14,23H,3,7-9,11-13H2,1H3,(H,22,26). The van der Waals surface area contributed by atoms with E-state index in [2.05, 4.69) is 21.3 Å². The molecule has 6 nitrogen and oxygen atoms in total. The van der Waals surface area contributed by atoms with Crippen molar-refractivity contribution in [2.45, 2.75) is 24.8 Å². The van der Waals surface area contributed by atoms with Crippen molar-refractivity contribution in [2.75, 3.05) is 38.7 Å². The molecule has 1 aromatic heterocycles. The summed E-state index contributed by atoms with van der Waals surface area (Å²) in [6.07, 6.45) is 4.37. The van der Waals surface area contributed by atoms with Gasteiger partial charge in [0.1, 0.15) is 5.82 Å². The van der Waals surface area contributed by atoms with Crippen molar-refractivity contribution in [1.29, 1.82) is 0 Å². The van der Waals surface area contributed by atoms with Gasteiger partial charge in [0, 0.05) is 45.2 Å². The fraction of sp³-hybridized carbons (Fsp3) is 0.450. The molecule has 0 saturated carbocycles. The molecule has 0 atom stereocenters. The van der Waals surface area contributed by atoms with E-state index in [4.69, 9.17) is 4.74 Å². The maximum atomic E-state index is 13.8. The van der Waals surface area contributed by atoms with E-state index < -0.39 is 0 Å². The first kappa shape index (κ1) is 17.9. The van der Waals surface area contributed by atoms with E-state index >= 15 is 0 Å². The molecule has 1 saturated heterocycles. The Hall–Kier alpha value is -2.54. The SMILES string of the molecule is COCCCNC(=O)N1CCC2(CC1)Nc1cc(F)ccc1-n1cccc12. The van der Waals surface area contributed by atoms with Crippen LogP contribution in [0.15, 0.2) is 36.5 Å². The van der Waals surface area contributed by atoms with E-state index in [0.717, 1.165) is 30.6 Å². The number of aromatic nitrogens is 1. The molecule has 2 amide bonds. The summed E-state index contributed by atoms with van der Waals surface area (Å²) in [5, 5.41) is 6.53. The highest BCUT2D eigenvalue weighted by Gasteiger charge is 2.42. The van der Waals surface area contributed by atoms with E-state index in [0.29, 0.717) is 26.2 Å². The largest absolute Gasteiger partial charge is 0.385 e.